The van der Waals surface area contributed by atoms with E-state index in [4.69, 9.17) is 0 Å². The third-order valence-corrected chi connectivity index (χ3v) is 5.54. The van der Waals surface area contributed by atoms with Crippen molar-refractivity contribution in [2.45, 2.75) is 18.4 Å². The van der Waals surface area contributed by atoms with Crippen molar-refractivity contribution in [3.63, 3.8) is 0 Å². The molecule has 0 aromatic heterocycles. The van der Waals surface area contributed by atoms with Gasteiger partial charge in [0.15, 0.2) is 9.84 Å². The lowest BCUT2D eigenvalue weighted by molar-refractivity contribution is 0.212. The van der Waals surface area contributed by atoms with E-state index in [1.54, 1.807) is 0 Å². The van der Waals surface area contributed by atoms with E-state index < -0.39 is 15.4 Å². The van der Waals surface area contributed by atoms with Crippen LogP contribution < -0.4 is 5.32 Å². The first kappa shape index (κ1) is 13.8. The molecule has 0 aliphatic carbocycles. The summed E-state index contributed by atoms with van der Waals surface area (Å²) in [6.45, 7) is -0.182. The summed E-state index contributed by atoms with van der Waals surface area (Å²) in [6, 6.07) is 7.51. The maximum Gasteiger partial charge on any atom is 0.152 e. The number of aliphatic hydroxyl groups excluding tert-OH is 1. The van der Waals surface area contributed by atoms with Gasteiger partial charge in [-0.2, -0.15) is 0 Å². The summed E-state index contributed by atoms with van der Waals surface area (Å²) in [5, 5.41) is 12.7. The van der Waals surface area contributed by atoms with E-state index in [2.05, 4.69) is 21.2 Å². The van der Waals surface area contributed by atoms with E-state index in [9.17, 15) is 13.5 Å². The van der Waals surface area contributed by atoms with Crippen LogP contribution in [-0.2, 0) is 9.84 Å². The quantitative estimate of drug-likeness (QED) is 0.885. The summed E-state index contributed by atoms with van der Waals surface area (Å²) in [5.74, 6) is 0.206. The Labute approximate surface area is 115 Å². The van der Waals surface area contributed by atoms with E-state index in [1.165, 1.54) is 0 Å². The molecule has 0 radical (unpaired) electrons. The molecule has 2 rings (SSSR count). The zero-order valence-corrected chi connectivity index (χ0v) is 12.3. The molecule has 18 heavy (non-hydrogen) atoms. The highest BCUT2D eigenvalue weighted by atomic mass is 79.9. The predicted octanol–water partition coefficient (Wildman–Crippen LogP) is 1.80. The minimum atomic E-state index is -3.07. The molecule has 1 aliphatic heterocycles. The molecule has 0 amide bonds. The largest absolute Gasteiger partial charge is 0.394 e. The molecule has 1 saturated heterocycles. The Hall–Kier alpha value is -0.590. The first-order valence-corrected chi connectivity index (χ1v) is 8.41. The molecule has 1 fully saturated rings. The average Bonchev–Trinajstić information content (AvgIpc) is 2.27. The number of hydrogen-bond donors (Lipinski definition) is 2. The molecule has 2 N–H and O–H groups in total. The van der Waals surface area contributed by atoms with Crippen molar-refractivity contribution in [2.75, 3.05) is 23.4 Å². The summed E-state index contributed by atoms with van der Waals surface area (Å²) >= 11 is 3.37. The molecule has 1 aromatic carbocycles. The van der Waals surface area contributed by atoms with Crippen LogP contribution in [0.25, 0.3) is 0 Å². The van der Waals surface area contributed by atoms with Crippen molar-refractivity contribution in [3.8, 4) is 0 Å². The molecule has 4 nitrogen and oxygen atoms in total. The maximum atomic E-state index is 11.7. The molecule has 0 bridgehead atoms. The first-order chi connectivity index (χ1) is 8.45. The second kappa shape index (κ2) is 5.19. The minimum Gasteiger partial charge on any atom is -0.394 e. The number of halogens is 1. The normalized spacial score (nSPS) is 26.8. The van der Waals surface area contributed by atoms with Crippen molar-refractivity contribution >= 4 is 31.5 Å². The van der Waals surface area contributed by atoms with E-state index >= 15 is 0 Å². The van der Waals surface area contributed by atoms with Gasteiger partial charge in [0.2, 0.25) is 0 Å². The molecule has 6 heteroatoms. The molecule has 0 saturated carbocycles. The van der Waals surface area contributed by atoms with E-state index in [0.717, 1.165) is 10.2 Å². The van der Waals surface area contributed by atoms with Crippen LogP contribution in [0, 0.1) is 0 Å². The van der Waals surface area contributed by atoms with Crippen molar-refractivity contribution in [2.24, 2.45) is 0 Å². The van der Waals surface area contributed by atoms with E-state index in [0.29, 0.717) is 12.8 Å². The lowest BCUT2D eigenvalue weighted by Gasteiger charge is -2.37. The Kier molecular flexibility index (Phi) is 3.99. The average molecular weight is 334 g/mol. The fourth-order valence-corrected chi connectivity index (χ4v) is 4.61. The third-order valence-electron chi connectivity index (χ3n) is 3.14. The van der Waals surface area contributed by atoms with Gasteiger partial charge in [-0.1, -0.05) is 22.0 Å². The topological polar surface area (TPSA) is 66.4 Å². The van der Waals surface area contributed by atoms with Crippen molar-refractivity contribution in [1.29, 1.82) is 0 Å². The van der Waals surface area contributed by atoms with Crippen LogP contribution >= 0.6 is 15.9 Å². The zero-order valence-electron chi connectivity index (χ0n) is 9.89. The van der Waals surface area contributed by atoms with Gasteiger partial charge in [-0.15, -0.1) is 0 Å². The Morgan fingerprint density at radius 2 is 2.22 bits per heavy atom. The summed E-state index contributed by atoms with van der Waals surface area (Å²) in [7, 11) is -3.07. The summed E-state index contributed by atoms with van der Waals surface area (Å²) < 4.78 is 24.4. The van der Waals surface area contributed by atoms with Gasteiger partial charge in [0.25, 0.3) is 0 Å². The number of sulfone groups is 1. The standard InChI is InChI=1S/C12H16BrNO3S/c13-10-3-1-4-11(7-10)14-12(8-15)5-2-6-18(16,17)9-12/h1,3-4,7,14-15H,2,5-6,8-9H2. The highest BCUT2D eigenvalue weighted by Gasteiger charge is 2.38. The molecular formula is C12H16BrNO3S. The van der Waals surface area contributed by atoms with E-state index in [-0.39, 0.29) is 18.1 Å². The first-order valence-electron chi connectivity index (χ1n) is 5.80. The molecule has 1 unspecified atom stereocenters. The summed E-state index contributed by atoms with van der Waals surface area (Å²) in [5.41, 5.74) is 0.0632. The number of hydrogen-bond acceptors (Lipinski definition) is 4. The number of rotatable bonds is 3. The number of benzene rings is 1. The van der Waals surface area contributed by atoms with Crippen LogP contribution in [-0.4, -0.2) is 37.2 Å². The molecule has 0 spiro atoms. The SMILES string of the molecule is O=S1(=O)CCCC(CO)(Nc2cccc(Br)c2)C1. The maximum absolute atomic E-state index is 11.7. The van der Waals surface area contributed by atoms with Gasteiger partial charge in [-0.3, -0.25) is 0 Å². The number of nitrogens with one attached hydrogen (secondary N) is 1. The molecule has 100 valence electrons. The lowest BCUT2D eigenvalue weighted by Crippen LogP contribution is -2.51. The van der Waals surface area contributed by atoms with Crippen molar-refractivity contribution < 1.29 is 13.5 Å². The van der Waals surface area contributed by atoms with Gasteiger partial charge in [-0.05, 0) is 31.0 Å². The fourth-order valence-electron chi connectivity index (χ4n) is 2.33. The number of aliphatic hydroxyl groups is 1. The zero-order chi connectivity index (χ0) is 13.2. The van der Waals surface area contributed by atoms with E-state index in [1.807, 2.05) is 24.3 Å². The van der Waals surface area contributed by atoms with Gasteiger partial charge >= 0.3 is 0 Å². The van der Waals surface area contributed by atoms with Gasteiger partial charge in [0, 0.05) is 10.2 Å². The second-order valence-corrected chi connectivity index (χ2v) is 7.87. The van der Waals surface area contributed by atoms with Crippen LogP contribution in [0.2, 0.25) is 0 Å². The van der Waals surface area contributed by atoms with Crippen LogP contribution in [0.1, 0.15) is 12.8 Å². The smallest absolute Gasteiger partial charge is 0.152 e. The van der Waals surface area contributed by atoms with Gasteiger partial charge in [0.05, 0.1) is 23.7 Å². The molecule has 1 atom stereocenters. The Balaban J connectivity index is 2.23. The Morgan fingerprint density at radius 3 is 2.83 bits per heavy atom. The highest BCUT2D eigenvalue weighted by molar-refractivity contribution is 9.10. The summed E-state index contributed by atoms with van der Waals surface area (Å²) in [6.07, 6.45) is 1.25. The van der Waals surface area contributed by atoms with Crippen molar-refractivity contribution in [3.05, 3.63) is 28.7 Å². The lowest BCUT2D eigenvalue weighted by atomic mass is 9.96. The highest BCUT2D eigenvalue weighted by Crippen LogP contribution is 2.28. The number of anilines is 1. The molecule has 1 aromatic rings. The van der Waals surface area contributed by atoms with Gasteiger partial charge in [-0.25, -0.2) is 8.42 Å². The molecule has 1 aliphatic rings. The predicted molar refractivity (Wildman–Crippen MR) is 75.5 cm³/mol. The second-order valence-electron chi connectivity index (χ2n) is 4.77. The Morgan fingerprint density at radius 1 is 1.44 bits per heavy atom. The van der Waals surface area contributed by atoms with Gasteiger partial charge in [0.1, 0.15) is 0 Å². The van der Waals surface area contributed by atoms with Crippen LogP contribution in [0.4, 0.5) is 5.69 Å². The molecular weight excluding hydrogens is 318 g/mol. The minimum absolute atomic E-state index is 0.0109. The molecule has 1 heterocycles. The van der Waals surface area contributed by atoms with Crippen molar-refractivity contribution in [1.82, 2.24) is 0 Å². The monoisotopic (exact) mass is 333 g/mol. The summed E-state index contributed by atoms with van der Waals surface area (Å²) in [4.78, 5) is 0. The Bertz CT molecular complexity index is 532. The third kappa shape index (κ3) is 3.24. The van der Waals surface area contributed by atoms with Crippen LogP contribution in [0.3, 0.4) is 0 Å². The fraction of sp³-hybridized carbons (Fsp3) is 0.500. The van der Waals surface area contributed by atoms with Gasteiger partial charge < -0.3 is 10.4 Å². The van der Waals surface area contributed by atoms with Crippen LogP contribution in [0.5, 0.6) is 0 Å². The van der Waals surface area contributed by atoms with Crippen LogP contribution in [0.15, 0.2) is 28.7 Å².